The Balaban J connectivity index is 2.65. The molecule has 0 unspecified atom stereocenters. The monoisotopic (exact) mass is 286 g/mol. The van der Waals surface area contributed by atoms with Crippen LogP contribution in [-0.2, 0) is 12.1 Å². The zero-order valence-electron chi connectivity index (χ0n) is 13.0. The maximum Gasteiger partial charge on any atom is 0.271 e. The third-order valence-electron chi connectivity index (χ3n) is 3.13. The van der Waals surface area contributed by atoms with E-state index < -0.39 is 5.54 Å². The molecule has 2 aromatic rings. The largest absolute Gasteiger partial charge is 0.322 e. The van der Waals surface area contributed by atoms with Crippen LogP contribution in [0.2, 0.25) is 0 Å². The van der Waals surface area contributed by atoms with Crippen LogP contribution in [-0.4, -0.2) is 14.8 Å². The van der Waals surface area contributed by atoms with Gasteiger partial charge in [0.05, 0.1) is 5.69 Å². The fourth-order valence-corrected chi connectivity index (χ4v) is 2.11. The Bertz CT molecular complexity index is 669. The SMILES string of the molecule is CC(C)Cn1nc(-c2ccccn2)cc(C(C)(C)N)c1=O. The summed E-state index contributed by atoms with van der Waals surface area (Å²) in [7, 11) is 0. The minimum Gasteiger partial charge on any atom is -0.322 e. The maximum atomic E-state index is 12.5. The standard InChI is InChI=1S/C16H22N4O/c1-11(2)10-20-15(21)12(16(3,4)17)9-14(19-20)13-7-5-6-8-18-13/h5-9,11H,10,17H2,1-4H3. The first-order valence-electron chi connectivity index (χ1n) is 7.12. The van der Waals surface area contributed by atoms with Gasteiger partial charge in [-0.3, -0.25) is 9.78 Å². The molecule has 0 radical (unpaired) electrons. The van der Waals surface area contributed by atoms with Crippen LogP contribution in [0.5, 0.6) is 0 Å². The van der Waals surface area contributed by atoms with E-state index in [1.165, 1.54) is 4.68 Å². The van der Waals surface area contributed by atoms with Crippen LogP contribution >= 0.6 is 0 Å². The van der Waals surface area contributed by atoms with Crippen LogP contribution < -0.4 is 11.3 Å². The van der Waals surface area contributed by atoms with E-state index in [0.717, 1.165) is 5.69 Å². The van der Waals surface area contributed by atoms with Gasteiger partial charge in [0.15, 0.2) is 0 Å². The number of pyridine rings is 1. The van der Waals surface area contributed by atoms with E-state index in [1.54, 1.807) is 12.3 Å². The predicted octanol–water partition coefficient (Wildman–Crippen LogP) is 2.16. The highest BCUT2D eigenvalue weighted by Gasteiger charge is 2.22. The lowest BCUT2D eigenvalue weighted by Crippen LogP contribution is -2.39. The highest BCUT2D eigenvalue weighted by Crippen LogP contribution is 2.19. The molecule has 0 saturated heterocycles. The summed E-state index contributed by atoms with van der Waals surface area (Å²) in [4.78, 5) is 16.8. The number of rotatable bonds is 4. The summed E-state index contributed by atoms with van der Waals surface area (Å²) >= 11 is 0. The third kappa shape index (κ3) is 3.55. The highest BCUT2D eigenvalue weighted by atomic mass is 16.1. The van der Waals surface area contributed by atoms with Gasteiger partial charge in [-0.15, -0.1) is 0 Å². The molecular weight excluding hydrogens is 264 g/mol. The molecule has 2 heterocycles. The average Bonchev–Trinajstić information content (AvgIpc) is 2.40. The number of hydrogen-bond acceptors (Lipinski definition) is 4. The molecular formula is C16H22N4O. The first-order valence-corrected chi connectivity index (χ1v) is 7.12. The molecule has 0 aromatic carbocycles. The summed E-state index contributed by atoms with van der Waals surface area (Å²) in [6.07, 6.45) is 1.71. The summed E-state index contributed by atoms with van der Waals surface area (Å²) < 4.78 is 1.50. The Morgan fingerprint density at radius 3 is 2.52 bits per heavy atom. The van der Waals surface area contributed by atoms with Crippen molar-refractivity contribution in [3.63, 3.8) is 0 Å². The molecule has 0 aliphatic carbocycles. The van der Waals surface area contributed by atoms with Gasteiger partial charge in [0.1, 0.15) is 5.69 Å². The second kappa shape index (κ2) is 5.77. The average molecular weight is 286 g/mol. The van der Waals surface area contributed by atoms with Crippen LogP contribution in [0.3, 0.4) is 0 Å². The molecule has 2 N–H and O–H groups in total. The van der Waals surface area contributed by atoms with E-state index in [2.05, 4.69) is 23.9 Å². The molecule has 112 valence electrons. The van der Waals surface area contributed by atoms with Gasteiger partial charge in [-0.25, -0.2) is 4.68 Å². The molecule has 0 amide bonds. The van der Waals surface area contributed by atoms with Crippen molar-refractivity contribution in [3.8, 4) is 11.4 Å². The molecule has 5 nitrogen and oxygen atoms in total. The van der Waals surface area contributed by atoms with E-state index >= 15 is 0 Å². The Morgan fingerprint density at radius 2 is 2.00 bits per heavy atom. The van der Waals surface area contributed by atoms with Crippen molar-refractivity contribution in [2.24, 2.45) is 11.7 Å². The second-order valence-electron chi connectivity index (χ2n) is 6.26. The third-order valence-corrected chi connectivity index (χ3v) is 3.13. The smallest absolute Gasteiger partial charge is 0.271 e. The van der Waals surface area contributed by atoms with Crippen molar-refractivity contribution in [2.45, 2.75) is 39.8 Å². The molecule has 5 heteroatoms. The first kappa shape index (κ1) is 15.4. The van der Waals surface area contributed by atoms with E-state index in [0.29, 0.717) is 23.7 Å². The second-order valence-corrected chi connectivity index (χ2v) is 6.26. The number of aromatic nitrogens is 3. The Morgan fingerprint density at radius 1 is 1.29 bits per heavy atom. The summed E-state index contributed by atoms with van der Waals surface area (Å²) in [6.45, 7) is 8.31. The van der Waals surface area contributed by atoms with Crippen LogP contribution in [0.25, 0.3) is 11.4 Å². The predicted molar refractivity (Wildman–Crippen MR) is 83.8 cm³/mol. The molecule has 0 saturated carbocycles. The minimum absolute atomic E-state index is 0.129. The molecule has 2 rings (SSSR count). The molecule has 21 heavy (non-hydrogen) atoms. The maximum absolute atomic E-state index is 12.5. The van der Waals surface area contributed by atoms with E-state index in [-0.39, 0.29) is 5.56 Å². The van der Waals surface area contributed by atoms with E-state index in [4.69, 9.17) is 5.73 Å². The molecule has 2 aromatic heterocycles. The molecule has 0 fully saturated rings. The van der Waals surface area contributed by atoms with Crippen molar-refractivity contribution in [1.82, 2.24) is 14.8 Å². The zero-order chi connectivity index (χ0) is 15.6. The lowest BCUT2D eigenvalue weighted by Gasteiger charge is -2.21. The van der Waals surface area contributed by atoms with Gasteiger partial charge in [0.25, 0.3) is 5.56 Å². The molecule has 0 spiro atoms. The minimum atomic E-state index is -0.720. The Kier molecular flexibility index (Phi) is 4.23. The highest BCUT2D eigenvalue weighted by molar-refractivity contribution is 5.54. The number of nitrogens with zero attached hydrogens (tertiary/aromatic N) is 3. The lowest BCUT2D eigenvalue weighted by molar-refractivity contribution is 0.448. The van der Waals surface area contributed by atoms with Gasteiger partial charge >= 0.3 is 0 Å². The van der Waals surface area contributed by atoms with Crippen molar-refractivity contribution in [2.75, 3.05) is 0 Å². The summed E-state index contributed by atoms with van der Waals surface area (Å²) in [5.41, 5.74) is 7.26. The number of hydrogen-bond donors (Lipinski definition) is 1. The Labute approximate surface area is 124 Å². The van der Waals surface area contributed by atoms with Gasteiger partial charge in [-0.1, -0.05) is 19.9 Å². The van der Waals surface area contributed by atoms with Gasteiger partial charge in [-0.2, -0.15) is 5.10 Å². The molecule has 0 aliphatic heterocycles. The number of nitrogens with two attached hydrogens (primary N) is 1. The Hall–Kier alpha value is -2.01. The summed E-state index contributed by atoms with van der Waals surface area (Å²) in [5.74, 6) is 0.322. The van der Waals surface area contributed by atoms with Crippen LogP contribution in [0.1, 0.15) is 33.3 Å². The topological polar surface area (TPSA) is 73.8 Å². The summed E-state index contributed by atoms with van der Waals surface area (Å²) in [6, 6.07) is 7.37. The summed E-state index contributed by atoms with van der Waals surface area (Å²) in [5, 5.41) is 4.44. The van der Waals surface area contributed by atoms with Crippen molar-refractivity contribution in [1.29, 1.82) is 0 Å². The molecule has 0 bridgehead atoms. The van der Waals surface area contributed by atoms with Crippen LogP contribution in [0.4, 0.5) is 0 Å². The van der Waals surface area contributed by atoms with Gasteiger partial charge in [0, 0.05) is 23.8 Å². The van der Waals surface area contributed by atoms with E-state index in [1.807, 2.05) is 32.0 Å². The quantitative estimate of drug-likeness (QED) is 0.934. The van der Waals surface area contributed by atoms with Crippen LogP contribution in [0, 0.1) is 5.92 Å². The lowest BCUT2D eigenvalue weighted by atomic mass is 9.96. The van der Waals surface area contributed by atoms with Crippen LogP contribution in [0.15, 0.2) is 35.3 Å². The van der Waals surface area contributed by atoms with Gasteiger partial charge < -0.3 is 5.73 Å². The normalized spacial score (nSPS) is 11.9. The van der Waals surface area contributed by atoms with E-state index in [9.17, 15) is 4.79 Å². The van der Waals surface area contributed by atoms with Crippen molar-refractivity contribution < 1.29 is 0 Å². The van der Waals surface area contributed by atoms with Crippen molar-refractivity contribution in [3.05, 3.63) is 46.4 Å². The van der Waals surface area contributed by atoms with Crippen molar-refractivity contribution >= 4 is 0 Å². The first-order chi connectivity index (χ1) is 9.79. The van der Waals surface area contributed by atoms with Gasteiger partial charge in [0.2, 0.25) is 0 Å². The fourth-order valence-electron chi connectivity index (χ4n) is 2.11. The molecule has 0 aliphatic rings. The zero-order valence-corrected chi connectivity index (χ0v) is 13.0. The van der Waals surface area contributed by atoms with Gasteiger partial charge in [-0.05, 0) is 38.0 Å². The fraction of sp³-hybridized carbons (Fsp3) is 0.438. The molecule has 0 atom stereocenters.